The average molecular weight is 634 g/mol. The standard InChI is InChI=1S/C13H23NO2.C11H19NO2.C4H6O4.C2H3BO2.Na/c1-5-7-11-8-6-9-13(11,10-14(2)3)12(15)16-4;1-3-5-9-6-4-7-11(9,8-12)10(13)14-2;1-3(5)7-8-4(2)6;1-2(4)5-3;/h5,11H,1,6-10H2,2-4H3;3,9H,1,4-8,12H2,2H3;1-2H3;1H3;/q;;;-1;+1/t11-,13-;9-,11-;;;/m11.../s1. The number of ether oxygens (including phenoxy) is 2. The summed E-state index contributed by atoms with van der Waals surface area (Å²) in [7, 11) is 11.3. The fraction of sp³-hybridized carbons (Fsp3) is 0.700. The largest absolute Gasteiger partial charge is 1.00 e. The first-order valence-electron chi connectivity index (χ1n) is 14.1. The number of allylic oxidation sites excluding steroid dienone is 2. The van der Waals surface area contributed by atoms with Crippen LogP contribution in [0.25, 0.3) is 0 Å². The fourth-order valence-corrected chi connectivity index (χ4v) is 5.63. The first-order valence-corrected chi connectivity index (χ1v) is 14.1. The van der Waals surface area contributed by atoms with E-state index in [0.29, 0.717) is 18.4 Å². The van der Waals surface area contributed by atoms with Gasteiger partial charge in [-0.05, 0) is 64.5 Å². The molecular formula is C30H51BN2NaO10. The van der Waals surface area contributed by atoms with Gasteiger partial charge in [0, 0.05) is 33.9 Å². The van der Waals surface area contributed by atoms with Crippen LogP contribution >= 0.6 is 0 Å². The molecule has 44 heavy (non-hydrogen) atoms. The molecule has 0 saturated heterocycles. The van der Waals surface area contributed by atoms with Gasteiger partial charge < -0.3 is 32.8 Å². The molecule has 0 spiro atoms. The molecule has 3 radical (unpaired) electrons. The molecule has 2 saturated carbocycles. The van der Waals surface area contributed by atoms with Crippen molar-refractivity contribution in [3.05, 3.63) is 25.3 Å². The molecule has 0 aromatic rings. The van der Waals surface area contributed by atoms with Gasteiger partial charge in [-0.1, -0.05) is 25.0 Å². The molecule has 0 amide bonds. The van der Waals surface area contributed by atoms with E-state index in [1.807, 2.05) is 26.2 Å². The Labute approximate surface area is 286 Å². The summed E-state index contributed by atoms with van der Waals surface area (Å²) in [5, 5.41) is 0. The summed E-state index contributed by atoms with van der Waals surface area (Å²) in [5.41, 5.74) is 4.98. The zero-order valence-electron chi connectivity index (χ0n) is 28.0. The average Bonchev–Trinajstić information content (AvgIpc) is 3.57. The van der Waals surface area contributed by atoms with E-state index in [1.54, 1.807) is 0 Å². The number of nitrogens with zero attached hydrogens (tertiary/aromatic N) is 1. The van der Waals surface area contributed by atoms with E-state index in [1.165, 1.54) is 21.1 Å². The van der Waals surface area contributed by atoms with Crippen LogP contribution < -0.4 is 35.3 Å². The van der Waals surface area contributed by atoms with Crippen LogP contribution in [0.3, 0.4) is 0 Å². The maximum absolute atomic E-state index is 12.1. The van der Waals surface area contributed by atoms with Crippen LogP contribution in [0.4, 0.5) is 0 Å². The predicted octanol–water partition coefficient (Wildman–Crippen LogP) is 0.229. The molecule has 14 heteroatoms. The van der Waals surface area contributed by atoms with Crippen LogP contribution in [0.1, 0.15) is 72.1 Å². The van der Waals surface area contributed by atoms with Gasteiger partial charge in [-0.3, -0.25) is 14.4 Å². The second-order valence-electron chi connectivity index (χ2n) is 10.7. The normalized spacial score (nSPS) is 22.9. The van der Waals surface area contributed by atoms with Gasteiger partial charge in [0.1, 0.15) is 0 Å². The third-order valence-electron chi connectivity index (χ3n) is 7.41. The van der Waals surface area contributed by atoms with E-state index in [2.05, 4.69) is 40.5 Å². The van der Waals surface area contributed by atoms with Crippen molar-refractivity contribution in [2.75, 3.05) is 41.4 Å². The first kappa shape index (κ1) is 46.2. The molecule has 2 fully saturated rings. The third kappa shape index (κ3) is 16.2. The number of carbonyl (C=O) groups is 5. The molecule has 2 rings (SSSR count). The predicted molar refractivity (Wildman–Crippen MR) is 162 cm³/mol. The molecule has 2 aliphatic carbocycles. The third-order valence-corrected chi connectivity index (χ3v) is 7.41. The number of rotatable bonds is 9. The molecular weight excluding hydrogens is 582 g/mol. The number of hydrogen-bond acceptors (Lipinski definition) is 12. The molecule has 12 nitrogen and oxygen atoms in total. The minimum atomic E-state index is -0.639. The minimum Gasteiger partial charge on any atom is -0.793 e. The van der Waals surface area contributed by atoms with Crippen molar-refractivity contribution in [1.82, 2.24) is 4.90 Å². The van der Waals surface area contributed by atoms with Gasteiger partial charge in [0.15, 0.2) is 0 Å². The molecule has 0 unspecified atom stereocenters. The molecule has 4 atom stereocenters. The van der Waals surface area contributed by atoms with Gasteiger partial charge in [0.25, 0.3) is 0 Å². The number of carbonyl (C=O) groups excluding carboxylic acids is 5. The van der Waals surface area contributed by atoms with E-state index < -0.39 is 23.3 Å². The Morgan fingerprint density at radius 2 is 1.18 bits per heavy atom. The van der Waals surface area contributed by atoms with Crippen molar-refractivity contribution in [3.8, 4) is 0 Å². The Morgan fingerprint density at radius 1 is 0.818 bits per heavy atom. The number of hydrogen-bond donors (Lipinski definition) is 1. The summed E-state index contributed by atoms with van der Waals surface area (Å²) in [6.45, 7) is 12.2. The first-order chi connectivity index (χ1) is 20.2. The molecule has 0 aromatic carbocycles. The molecule has 245 valence electrons. The topological polar surface area (TPSA) is 161 Å². The van der Waals surface area contributed by atoms with Gasteiger partial charge in [-0.25, -0.2) is 19.4 Å². The van der Waals surface area contributed by atoms with E-state index in [4.69, 9.17) is 15.2 Å². The van der Waals surface area contributed by atoms with Gasteiger partial charge >= 0.3 is 53.4 Å². The van der Waals surface area contributed by atoms with Crippen molar-refractivity contribution in [2.24, 2.45) is 28.4 Å². The fourth-order valence-electron chi connectivity index (χ4n) is 5.63. The Hall–Kier alpha value is -2.19. The minimum absolute atomic E-state index is 0. The quantitative estimate of drug-likeness (QED) is 0.121. The Morgan fingerprint density at radius 3 is 1.48 bits per heavy atom. The Bertz CT molecular complexity index is 906. The molecule has 0 aromatic heterocycles. The van der Waals surface area contributed by atoms with Crippen LogP contribution in [0.5, 0.6) is 0 Å². The van der Waals surface area contributed by atoms with Crippen LogP contribution in [-0.4, -0.2) is 84.2 Å². The molecule has 0 heterocycles. The van der Waals surface area contributed by atoms with Crippen molar-refractivity contribution in [1.29, 1.82) is 0 Å². The maximum Gasteiger partial charge on any atom is 1.00 e. The second-order valence-corrected chi connectivity index (χ2v) is 10.7. The van der Waals surface area contributed by atoms with Crippen LogP contribution in [0.15, 0.2) is 25.3 Å². The van der Waals surface area contributed by atoms with E-state index >= 15 is 0 Å². The smallest absolute Gasteiger partial charge is 0.793 e. The molecule has 2 aliphatic rings. The summed E-state index contributed by atoms with van der Waals surface area (Å²) >= 11 is 0. The summed E-state index contributed by atoms with van der Waals surface area (Å²) in [6, 6.07) is 0. The van der Waals surface area contributed by atoms with Crippen molar-refractivity contribution >= 4 is 37.9 Å². The van der Waals surface area contributed by atoms with E-state index in [9.17, 15) is 24.0 Å². The van der Waals surface area contributed by atoms with E-state index in [0.717, 1.165) is 71.8 Å². The monoisotopic (exact) mass is 633 g/mol. The number of esters is 2. The number of methoxy groups -OCH3 is 2. The van der Waals surface area contributed by atoms with Gasteiger partial charge in [0.2, 0.25) is 5.97 Å². The Balaban J connectivity index is -0.000000547. The Kier molecular flexibility index (Phi) is 26.3. The van der Waals surface area contributed by atoms with Gasteiger partial charge in [-0.2, -0.15) is 0 Å². The number of nitrogens with two attached hydrogens (primary N) is 1. The van der Waals surface area contributed by atoms with E-state index in [-0.39, 0.29) is 46.9 Å². The zero-order valence-corrected chi connectivity index (χ0v) is 30.0. The van der Waals surface area contributed by atoms with Crippen molar-refractivity contribution in [2.45, 2.75) is 72.1 Å². The van der Waals surface area contributed by atoms with Crippen molar-refractivity contribution in [3.63, 3.8) is 0 Å². The van der Waals surface area contributed by atoms with Crippen LogP contribution in [0, 0.1) is 22.7 Å². The summed E-state index contributed by atoms with van der Waals surface area (Å²) in [4.78, 5) is 62.7. The van der Waals surface area contributed by atoms with Gasteiger partial charge in [0.05, 0.1) is 25.0 Å². The van der Waals surface area contributed by atoms with Crippen LogP contribution in [-0.2, 0) is 47.9 Å². The zero-order chi connectivity index (χ0) is 33.6. The van der Waals surface area contributed by atoms with Crippen molar-refractivity contribution < 1.29 is 77.4 Å². The second kappa shape index (κ2) is 25.1. The summed E-state index contributed by atoms with van der Waals surface area (Å²) in [5.74, 6) is -1.24. The summed E-state index contributed by atoms with van der Waals surface area (Å²) < 4.78 is 13.5. The summed E-state index contributed by atoms with van der Waals surface area (Å²) in [6.07, 6.45) is 11.7. The van der Waals surface area contributed by atoms with Crippen LogP contribution in [0.2, 0.25) is 0 Å². The SMILES string of the molecule is C=CC[C@@H]1CCC[C@]1(CN(C)C)C(=O)OC.C=CC[C@@H]1CCC[C@]1(CN)C(=O)OC.CC(=O)OOC(C)=O.[B-]OC(C)=O.[Na+]. The molecule has 0 aliphatic heterocycles. The molecule has 0 bridgehead atoms. The maximum atomic E-state index is 12.1. The van der Waals surface area contributed by atoms with Gasteiger partial charge in [-0.15, -0.1) is 13.2 Å². The molecule has 2 N–H and O–H groups in total.